The highest BCUT2D eigenvalue weighted by Gasteiger charge is 2.12. The number of carbonyl (C=O) groups excluding carboxylic acids is 1. The van der Waals surface area contributed by atoms with Crippen molar-refractivity contribution in [3.63, 3.8) is 0 Å². The molecule has 0 saturated heterocycles. The van der Waals surface area contributed by atoms with Gasteiger partial charge in [-0.25, -0.2) is 0 Å². The van der Waals surface area contributed by atoms with Gasteiger partial charge in [-0.2, -0.15) is 0 Å². The molecule has 0 aliphatic rings. The fourth-order valence-corrected chi connectivity index (χ4v) is 2.48. The fraction of sp³-hybridized carbons (Fsp3) is 0.267. The second-order valence-electron chi connectivity index (χ2n) is 4.49. The van der Waals surface area contributed by atoms with Crippen LogP contribution in [0.25, 0.3) is 11.3 Å². The Morgan fingerprint density at radius 1 is 1.14 bits per heavy atom. The minimum absolute atomic E-state index is 0.346. The number of nitrogens with two attached hydrogens (primary N) is 1. The number of hydrogen-bond donors (Lipinski definition) is 1. The van der Waals surface area contributed by atoms with Gasteiger partial charge in [-0.05, 0) is 37.3 Å². The summed E-state index contributed by atoms with van der Waals surface area (Å²) in [5.74, 6) is 0.903. The highest BCUT2D eigenvalue weighted by atomic mass is 32.2. The SMILES string of the molecule is COc1ccc(-c2ccc(S[C@@H](C)C(N)=O)nn2)cc1OC. The summed E-state index contributed by atoms with van der Waals surface area (Å²) >= 11 is 1.28. The number of aromatic nitrogens is 2. The molecule has 0 fully saturated rings. The first-order valence-corrected chi connectivity index (χ1v) is 7.45. The van der Waals surface area contributed by atoms with E-state index in [0.717, 1.165) is 5.56 Å². The third-order valence-corrected chi connectivity index (χ3v) is 4.06. The van der Waals surface area contributed by atoms with E-state index < -0.39 is 0 Å². The van der Waals surface area contributed by atoms with Crippen LogP contribution in [0, 0.1) is 0 Å². The second-order valence-corrected chi connectivity index (χ2v) is 5.85. The van der Waals surface area contributed by atoms with E-state index in [1.54, 1.807) is 21.1 Å². The maximum Gasteiger partial charge on any atom is 0.230 e. The molecule has 1 atom stereocenters. The lowest BCUT2D eigenvalue weighted by molar-refractivity contribution is -0.117. The summed E-state index contributed by atoms with van der Waals surface area (Å²) in [6, 6.07) is 9.17. The molecule has 0 aliphatic carbocycles. The lowest BCUT2D eigenvalue weighted by Gasteiger charge is -2.09. The molecular formula is C15H17N3O3S. The van der Waals surface area contributed by atoms with Gasteiger partial charge in [-0.1, -0.05) is 11.8 Å². The van der Waals surface area contributed by atoms with Gasteiger partial charge >= 0.3 is 0 Å². The molecule has 0 aliphatic heterocycles. The van der Waals surface area contributed by atoms with Crippen molar-refractivity contribution in [2.45, 2.75) is 17.2 Å². The highest BCUT2D eigenvalue weighted by Crippen LogP contribution is 2.31. The molecule has 0 saturated carbocycles. The van der Waals surface area contributed by atoms with Gasteiger partial charge in [0.1, 0.15) is 5.03 Å². The van der Waals surface area contributed by atoms with Crippen molar-refractivity contribution in [3.05, 3.63) is 30.3 Å². The summed E-state index contributed by atoms with van der Waals surface area (Å²) in [5, 5.41) is 8.58. The molecule has 1 heterocycles. The lowest BCUT2D eigenvalue weighted by atomic mass is 10.1. The monoisotopic (exact) mass is 319 g/mol. The summed E-state index contributed by atoms with van der Waals surface area (Å²) in [4.78, 5) is 11.1. The first kappa shape index (κ1) is 16.1. The summed E-state index contributed by atoms with van der Waals surface area (Å²) in [5.41, 5.74) is 6.80. The number of benzene rings is 1. The summed E-state index contributed by atoms with van der Waals surface area (Å²) in [6.45, 7) is 1.73. The minimum atomic E-state index is -0.379. The van der Waals surface area contributed by atoms with E-state index in [2.05, 4.69) is 10.2 Å². The molecule has 1 aromatic heterocycles. The molecule has 22 heavy (non-hydrogen) atoms. The molecule has 0 bridgehead atoms. The maximum absolute atomic E-state index is 11.1. The fourth-order valence-electron chi connectivity index (χ4n) is 1.77. The average Bonchev–Trinajstić information content (AvgIpc) is 2.54. The third kappa shape index (κ3) is 3.67. The average molecular weight is 319 g/mol. The van der Waals surface area contributed by atoms with Crippen molar-refractivity contribution >= 4 is 17.7 Å². The van der Waals surface area contributed by atoms with E-state index in [9.17, 15) is 4.79 Å². The molecule has 7 heteroatoms. The van der Waals surface area contributed by atoms with E-state index in [1.165, 1.54) is 11.8 Å². The zero-order valence-electron chi connectivity index (χ0n) is 12.6. The van der Waals surface area contributed by atoms with E-state index >= 15 is 0 Å². The molecule has 2 N–H and O–H groups in total. The van der Waals surface area contributed by atoms with Gasteiger partial charge in [-0.3, -0.25) is 4.79 Å². The normalized spacial score (nSPS) is 11.8. The topological polar surface area (TPSA) is 87.3 Å². The van der Waals surface area contributed by atoms with Crippen LogP contribution in [0.5, 0.6) is 11.5 Å². The number of hydrogen-bond acceptors (Lipinski definition) is 6. The van der Waals surface area contributed by atoms with Crippen LogP contribution in [0.1, 0.15) is 6.92 Å². The van der Waals surface area contributed by atoms with E-state index in [4.69, 9.17) is 15.2 Å². The molecule has 0 spiro atoms. The Labute approximate surface area is 133 Å². The molecule has 2 aromatic rings. The number of nitrogens with zero attached hydrogens (tertiary/aromatic N) is 2. The third-order valence-electron chi connectivity index (χ3n) is 3.02. The lowest BCUT2D eigenvalue weighted by Crippen LogP contribution is -2.22. The van der Waals surface area contributed by atoms with Crippen LogP contribution in [-0.2, 0) is 4.79 Å². The number of methoxy groups -OCH3 is 2. The Morgan fingerprint density at radius 3 is 2.41 bits per heavy atom. The van der Waals surface area contributed by atoms with Gasteiger partial charge in [0.05, 0.1) is 25.2 Å². The zero-order valence-corrected chi connectivity index (χ0v) is 13.4. The number of carbonyl (C=O) groups is 1. The number of thioether (sulfide) groups is 1. The molecular weight excluding hydrogens is 302 g/mol. The predicted molar refractivity (Wildman–Crippen MR) is 85.1 cm³/mol. The molecule has 0 unspecified atom stereocenters. The van der Waals surface area contributed by atoms with Crippen molar-refractivity contribution in [2.75, 3.05) is 14.2 Å². The van der Waals surface area contributed by atoms with Gasteiger partial charge in [0.15, 0.2) is 11.5 Å². The van der Waals surface area contributed by atoms with Crippen molar-refractivity contribution in [2.24, 2.45) is 5.73 Å². The Bertz CT molecular complexity index is 662. The van der Waals surface area contributed by atoms with E-state index in [1.807, 2.05) is 30.3 Å². The number of amides is 1. The Hall–Kier alpha value is -2.28. The van der Waals surface area contributed by atoms with Crippen LogP contribution in [0.2, 0.25) is 0 Å². The standard InChI is InChI=1S/C15H17N3O3S/c1-9(15(16)19)22-14-7-5-11(17-18-14)10-4-6-12(20-2)13(8-10)21-3/h4-9H,1-3H3,(H2,16,19)/t9-/m0/s1. The smallest absolute Gasteiger partial charge is 0.230 e. The number of primary amides is 1. The highest BCUT2D eigenvalue weighted by molar-refractivity contribution is 8.00. The predicted octanol–water partition coefficient (Wildman–Crippen LogP) is 2.13. The van der Waals surface area contributed by atoms with Crippen LogP contribution in [-0.4, -0.2) is 35.6 Å². The van der Waals surface area contributed by atoms with Crippen LogP contribution in [0.15, 0.2) is 35.4 Å². The van der Waals surface area contributed by atoms with Crippen molar-refractivity contribution < 1.29 is 14.3 Å². The summed E-state index contributed by atoms with van der Waals surface area (Å²) in [6.07, 6.45) is 0. The Morgan fingerprint density at radius 2 is 1.86 bits per heavy atom. The van der Waals surface area contributed by atoms with Crippen LogP contribution >= 0.6 is 11.8 Å². The van der Waals surface area contributed by atoms with E-state index in [-0.39, 0.29) is 11.2 Å². The molecule has 2 rings (SSSR count). The van der Waals surface area contributed by atoms with Crippen molar-refractivity contribution in [1.29, 1.82) is 0 Å². The van der Waals surface area contributed by atoms with Gasteiger partial charge in [0.25, 0.3) is 0 Å². The quantitative estimate of drug-likeness (QED) is 0.821. The molecule has 6 nitrogen and oxygen atoms in total. The van der Waals surface area contributed by atoms with Crippen LogP contribution < -0.4 is 15.2 Å². The van der Waals surface area contributed by atoms with Crippen molar-refractivity contribution in [1.82, 2.24) is 10.2 Å². The van der Waals surface area contributed by atoms with Gasteiger partial charge in [0.2, 0.25) is 5.91 Å². The molecule has 0 radical (unpaired) electrons. The zero-order chi connectivity index (χ0) is 16.1. The van der Waals surface area contributed by atoms with Crippen LogP contribution in [0.4, 0.5) is 0 Å². The molecule has 116 valence electrons. The minimum Gasteiger partial charge on any atom is -0.493 e. The van der Waals surface area contributed by atoms with Crippen molar-refractivity contribution in [3.8, 4) is 22.8 Å². The number of ether oxygens (including phenoxy) is 2. The largest absolute Gasteiger partial charge is 0.493 e. The van der Waals surface area contributed by atoms with Gasteiger partial charge in [-0.15, -0.1) is 10.2 Å². The maximum atomic E-state index is 11.1. The van der Waals surface area contributed by atoms with Gasteiger partial charge in [0, 0.05) is 5.56 Å². The first-order valence-electron chi connectivity index (χ1n) is 6.57. The molecule has 1 amide bonds. The Balaban J connectivity index is 2.21. The second kappa shape index (κ2) is 7.13. The molecule has 1 aromatic carbocycles. The number of rotatable bonds is 6. The van der Waals surface area contributed by atoms with Crippen LogP contribution in [0.3, 0.4) is 0 Å². The van der Waals surface area contributed by atoms with E-state index in [0.29, 0.717) is 22.2 Å². The first-order chi connectivity index (χ1) is 10.5. The summed E-state index contributed by atoms with van der Waals surface area (Å²) < 4.78 is 10.5. The summed E-state index contributed by atoms with van der Waals surface area (Å²) in [7, 11) is 3.17. The van der Waals surface area contributed by atoms with Gasteiger partial charge < -0.3 is 15.2 Å². The Kier molecular flexibility index (Phi) is 5.21.